The molecule has 1 saturated heterocycles. The van der Waals surface area contributed by atoms with Crippen LogP contribution in [0, 0.1) is 34.5 Å². The fourth-order valence-corrected chi connectivity index (χ4v) is 8.95. The van der Waals surface area contributed by atoms with Crippen LogP contribution in [-0.2, 0) is 9.53 Å². The van der Waals surface area contributed by atoms with Gasteiger partial charge in [0, 0.05) is 6.42 Å². The molecule has 4 aliphatic rings. The summed E-state index contributed by atoms with van der Waals surface area (Å²) in [4.78, 5) is 12.8. The summed E-state index contributed by atoms with van der Waals surface area (Å²) >= 11 is 0. The first-order chi connectivity index (χ1) is 15.5. The molecule has 2 saturated carbocycles. The molecule has 0 amide bonds. The van der Waals surface area contributed by atoms with Gasteiger partial charge in [-0.1, -0.05) is 32.4 Å². The van der Waals surface area contributed by atoms with Crippen LogP contribution in [0.3, 0.4) is 0 Å². The number of hydrogen-bond acceptors (Lipinski definition) is 4. The lowest BCUT2D eigenvalue weighted by molar-refractivity contribution is -0.196. The molecule has 0 aromatic heterocycles. The standard InChI is InChI=1S/C30H50O4/c1-19-9-10-22-21(13-17-29(22,7)32)26(2,3)20(19)11-12-23-28(6)16-14-24(31)27(4,5)34-25(28)15-18-30(23,8)33/h9,20-23,25,32-33H,10-18H2,1-8H3/t20-,21+,22+,23+,25+,28+,29+,30-/m1/s1. The van der Waals surface area contributed by atoms with Crippen molar-refractivity contribution >= 4 is 5.78 Å². The Hall–Kier alpha value is -0.710. The van der Waals surface area contributed by atoms with Crippen molar-refractivity contribution in [2.24, 2.45) is 34.5 Å². The molecule has 0 unspecified atom stereocenters. The van der Waals surface area contributed by atoms with Crippen LogP contribution in [0.25, 0.3) is 0 Å². The van der Waals surface area contributed by atoms with Crippen molar-refractivity contribution in [2.45, 2.75) is 136 Å². The Kier molecular flexibility index (Phi) is 6.52. The predicted octanol–water partition coefficient (Wildman–Crippen LogP) is 6.23. The summed E-state index contributed by atoms with van der Waals surface area (Å²) in [5.41, 5.74) is -0.733. The first-order valence-corrected chi connectivity index (χ1v) is 13.8. The van der Waals surface area contributed by atoms with Gasteiger partial charge in [0.2, 0.25) is 0 Å². The van der Waals surface area contributed by atoms with E-state index in [2.05, 4.69) is 33.8 Å². The van der Waals surface area contributed by atoms with Gasteiger partial charge < -0.3 is 14.9 Å². The van der Waals surface area contributed by atoms with Gasteiger partial charge >= 0.3 is 0 Å². The summed E-state index contributed by atoms with van der Waals surface area (Å²) in [7, 11) is 0. The summed E-state index contributed by atoms with van der Waals surface area (Å²) in [5, 5.41) is 22.7. The van der Waals surface area contributed by atoms with Crippen LogP contribution in [0.2, 0.25) is 0 Å². The first-order valence-electron chi connectivity index (χ1n) is 13.8. The van der Waals surface area contributed by atoms with E-state index in [1.54, 1.807) is 0 Å². The average molecular weight is 475 g/mol. The highest BCUT2D eigenvalue weighted by atomic mass is 16.5. The maximum atomic E-state index is 12.8. The Morgan fingerprint density at radius 3 is 2.24 bits per heavy atom. The molecule has 4 nitrogen and oxygen atoms in total. The molecule has 2 N–H and O–H groups in total. The zero-order chi connectivity index (χ0) is 25.3. The predicted molar refractivity (Wildman–Crippen MR) is 136 cm³/mol. The monoisotopic (exact) mass is 474 g/mol. The summed E-state index contributed by atoms with van der Waals surface area (Å²) in [6.07, 6.45) is 10.2. The van der Waals surface area contributed by atoms with Gasteiger partial charge in [-0.3, -0.25) is 4.79 Å². The zero-order valence-electron chi connectivity index (χ0n) is 23.0. The lowest BCUT2D eigenvalue weighted by atomic mass is 9.55. The normalized spacial score (nSPS) is 48.4. The van der Waals surface area contributed by atoms with Crippen molar-refractivity contribution in [3.63, 3.8) is 0 Å². The van der Waals surface area contributed by atoms with Gasteiger partial charge in [0.05, 0.1) is 17.3 Å². The molecule has 3 aliphatic carbocycles. The third-order valence-electron chi connectivity index (χ3n) is 11.3. The Morgan fingerprint density at radius 1 is 0.912 bits per heavy atom. The molecule has 1 heterocycles. The highest BCUT2D eigenvalue weighted by molar-refractivity contribution is 5.86. The molecular formula is C30H50O4. The maximum absolute atomic E-state index is 12.8. The van der Waals surface area contributed by atoms with Crippen LogP contribution in [0.15, 0.2) is 11.6 Å². The molecule has 0 bridgehead atoms. The van der Waals surface area contributed by atoms with Crippen molar-refractivity contribution in [2.75, 3.05) is 0 Å². The van der Waals surface area contributed by atoms with E-state index in [-0.39, 0.29) is 28.6 Å². The van der Waals surface area contributed by atoms with E-state index < -0.39 is 16.8 Å². The van der Waals surface area contributed by atoms with Gasteiger partial charge in [-0.25, -0.2) is 0 Å². The molecule has 194 valence electrons. The SMILES string of the molecule is CC1=CC[C@H]2[C@H](CC[C@]2(C)O)C(C)(C)[C@@H]1CC[C@H]1[C@]2(C)CCC(=O)C(C)(C)O[C@H]2CC[C@@]1(C)O. The van der Waals surface area contributed by atoms with Crippen molar-refractivity contribution in [1.29, 1.82) is 0 Å². The summed E-state index contributed by atoms with van der Waals surface area (Å²) in [5.74, 6) is 1.54. The molecule has 3 fully saturated rings. The topological polar surface area (TPSA) is 66.8 Å². The van der Waals surface area contributed by atoms with Crippen molar-refractivity contribution in [1.82, 2.24) is 0 Å². The lowest BCUT2D eigenvalue weighted by Crippen LogP contribution is -2.56. The molecule has 4 heteroatoms. The number of ketones is 1. The van der Waals surface area contributed by atoms with Gasteiger partial charge in [-0.05, 0) is 120 Å². The number of fused-ring (bicyclic) bond motifs is 2. The lowest BCUT2D eigenvalue weighted by Gasteiger charge is -2.54. The van der Waals surface area contributed by atoms with Crippen molar-refractivity contribution < 1.29 is 19.7 Å². The molecule has 1 aliphatic heterocycles. The van der Waals surface area contributed by atoms with Gasteiger partial charge in [0.15, 0.2) is 5.78 Å². The number of aliphatic hydroxyl groups is 2. The molecular weight excluding hydrogens is 424 g/mol. The number of hydrogen-bond donors (Lipinski definition) is 2. The quantitative estimate of drug-likeness (QED) is 0.476. The van der Waals surface area contributed by atoms with E-state index in [4.69, 9.17) is 4.74 Å². The number of ether oxygens (including phenoxy) is 1. The molecule has 0 spiro atoms. The molecule has 0 radical (unpaired) electrons. The zero-order valence-corrected chi connectivity index (χ0v) is 23.0. The third kappa shape index (κ3) is 4.24. The van der Waals surface area contributed by atoms with Gasteiger partial charge in [0.1, 0.15) is 5.60 Å². The molecule has 8 atom stereocenters. The number of carbonyl (C=O) groups is 1. The molecule has 4 rings (SSSR count). The van der Waals surface area contributed by atoms with Crippen LogP contribution < -0.4 is 0 Å². The fraction of sp³-hybridized carbons (Fsp3) is 0.900. The maximum Gasteiger partial charge on any atom is 0.164 e. The molecule has 0 aromatic rings. The van der Waals surface area contributed by atoms with Crippen LogP contribution in [0.5, 0.6) is 0 Å². The van der Waals surface area contributed by atoms with Crippen LogP contribution in [0.1, 0.15) is 113 Å². The number of allylic oxidation sites excluding steroid dienone is 2. The van der Waals surface area contributed by atoms with Crippen molar-refractivity contribution in [3.05, 3.63) is 11.6 Å². The minimum atomic E-state index is -0.752. The van der Waals surface area contributed by atoms with E-state index >= 15 is 0 Å². The second-order valence-electron chi connectivity index (χ2n) is 14.2. The van der Waals surface area contributed by atoms with E-state index in [1.807, 2.05) is 27.7 Å². The molecule has 0 aromatic carbocycles. The Bertz CT molecular complexity index is 835. The highest BCUT2D eigenvalue weighted by Crippen LogP contribution is 2.59. The average Bonchev–Trinajstić information content (AvgIpc) is 2.93. The van der Waals surface area contributed by atoms with Gasteiger partial charge in [-0.15, -0.1) is 0 Å². The minimum absolute atomic E-state index is 0.00673. The van der Waals surface area contributed by atoms with E-state index in [0.29, 0.717) is 24.2 Å². The van der Waals surface area contributed by atoms with Crippen molar-refractivity contribution in [3.8, 4) is 0 Å². The second kappa shape index (κ2) is 8.42. The third-order valence-corrected chi connectivity index (χ3v) is 11.3. The first kappa shape index (κ1) is 26.4. The Labute approximate surface area is 207 Å². The number of carbonyl (C=O) groups excluding carboxylic acids is 1. The van der Waals surface area contributed by atoms with Crippen LogP contribution >= 0.6 is 0 Å². The van der Waals surface area contributed by atoms with E-state index in [0.717, 1.165) is 51.4 Å². The highest BCUT2D eigenvalue weighted by Gasteiger charge is 2.57. The summed E-state index contributed by atoms with van der Waals surface area (Å²) in [6.45, 7) is 17.3. The Morgan fingerprint density at radius 2 is 1.56 bits per heavy atom. The van der Waals surface area contributed by atoms with Gasteiger partial charge in [-0.2, -0.15) is 0 Å². The molecule has 34 heavy (non-hydrogen) atoms. The second-order valence-corrected chi connectivity index (χ2v) is 14.2. The largest absolute Gasteiger partial charge is 0.390 e. The minimum Gasteiger partial charge on any atom is -0.390 e. The fourth-order valence-electron chi connectivity index (χ4n) is 8.95. The Balaban J connectivity index is 1.60. The summed E-state index contributed by atoms with van der Waals surface area (Å²) < 4.78 is 6.50. The summed E-state index contributed by atoms with van der Waals surface area (Å²) in [6, 6.07) is 0. The van der Waals surface area contributed by atoms with Crippen LogP contribution in [0.4, 0.5) is 0 Å². The smallest absolute Gasteiger partial charge is 0.164 e. The number of rotatable bonds is 3. The van der Waals surface area contributed by atoms with Crippen LogP contribution in [-0.4, -0.2) is 38.9 Å². The number of Topliss-reactive ketones (excluding diaryl/α,β-unsaturated/α-hetero) is 1. The van der Waals surface area contributed by atoms with E-state index in [1.165, 1.54) is 5.57 Å². The van der Waals surface area contributed by atoms with E-state index in [9.17, 15) is 15.0 Å². The van der Waals surface area contributed by atoms with Gasteiger partial charge in [0.25, 0.3) is 0 Å².